The molecule has 0 spiro atoms. The smallest absolute Gasteiger partial charge is 0.336 e. The average molecular weight is 326 g/mol. The number of ether oxygens (including phenoxy) is 1. The first kappa shape index (κ1) is 14.9. The highest BCUT2D eigenvalue weighted by molar-refractivity contribution is 7.19. The first-order valence-corrected chi connectivity index (χ1v) is 7.43. The molecule has 0 amide bonds. The Hall–Kier alpha value is -3.06. The summed E-state index contributed by atoms with van der Waals surface area (Å²) in [5, 5.41) is 11.2. The zero-order valence-corrected chi connectivity index (χ0v) is 12.5. The van der Waals surface area contributed by atoms with Gasteiger partial charge in [-0.25, -0.2) is 9.78 Å². The van der Waals surface area contributed by atoms with E-state index in [-0.39, 0.29) is 11.4 Å². The number of fused-ring (bicyclic) bond motifs is 1. The molecule has 0 saturated heterocycles. The van der Waals surface area contributed by atoms with E-state index in [1.165, 1.54) is 41.7 Å². The van der Waals surface area contributed by atoms with Gasteiger partial charge in [-0.1, -0.05) is 12.1 Å². The van der Waals surface area contributed by atoms with Crippen LogP contribution in [-0.4, -0.2) is 15.9 Å². The Labute approximate surface area is 134 Å². The zero-order valence-electron chi connectivity index (χ0n) is 11.7. The molecule has 1 aromatic heterocycles. The lowest BCUT2D eigenvalue weighted by Crippen LogP contribution is -2.03. The summed E-state index contributed by atoms with van der Waals surface area (Å²) in [6.07, 6.45) is 2.86. The molecule has 3 rings (SSSR count). The van der Waals surface area contributed by atoms with Crippen LogP contribution >= 0.6 is 11.3 Å². The number of hydrogen-bond donors (Lipinski definition) is 0. The van der Waals surface area contributed by atoms with E-state index in [1.807, 2.05) is 24.3 Å². The molecule has 0 bridgehead atoms. The third-order valence-electron chi connectivity index (χ3n) is 2.94. The van der Waals surface area contributed by atoms with Crippen molar-refractivity contribution in [2.75, 3.05) is 0 Å². The van der Waals surface area contributed by atoms with Crippen LogP contribution in [0.2, 0.25) is 0 Å². The minimum absolute atomic E-state index is 0.0604. The maximum atomic E-state index is 11.8. The maximum absolute atomic E-state index is 11.8. The lowest BCUT2D eigenvalue weighted by atomic mass is 10.3. The highest BCUT2D eigenvalue weighted by Gasteiger charge is 2.07. The molecule has 0 aliphatic carbocycles. The van der Waals surface area contributed by atoms with Gasteiger partial charge in [0, 0.05) is 18.2 Å². The molecule has 2 aromatic carbocycles. The van der Waals surface area contributed by atoms with E-state index in [4.69, 9.17) is 4.74 Å². The fraction of sp³-hybridized carbons (Fsp3) is 0. The van der Waals surface area contributed by atoms with Gasteiger partial charge in [-0.05, 0) is 30.3 Å². The van der Waals surface area contributed by atoms with E-state index in [9.17, 15) is 14.9 Å². The molecule has 0 aliphatic heterocycles. The molecule has 0 unspecified atom stereocenters. The van der Waals surface area contributed by atoms with E-state index in [1.54, 1.807) is 6.08 Å². The van der Waals surface area contributed by atoms with Gasteiger partial charge in [-0.2, -0.15) is 0 Å². The number of nitro benzene ring substituents is 1. The van der Waals surface area contributed by atoms with Crippen LogP contribution < -0.4 is 4.74 Å². The third kappa shape index (κ3) is 3.58. The number of esters is 1. The number of hydrogen-bond acceptors (Lipinski definition) is 6. The van der Waals surface area contributed by atoms with Crippen molar-refractivity contribution in [2.24, 2.45) is 0 Å². The Morgan fingerprint density at radius 1 is 1.17 bits per heavy atom. The topological polar surface area (TPSA) is 82.3 Å². The first-order valence-electron chi connectivity index (χ1n) is 6.62. The first-order chi connectivity index (χ1) is 11.1. The average Bonchev–Trinajstić information content (AvgIpc) is 2.96. The van der Waals surface area contributed by atoms with Crippen molar-refractivity contribution in [2.45, 2.75) is 0 Å². The summed E-state index contributed by atoms with van der Waals surface area (Å²) < 4.78 is 6.11. The van der Waals surface area contributed by atoms with Crippen molar-refractivity contribution < 1.29 is 14.5 Å². The number of benzene rings is 2. The highest BCUT2D eigenvalue weighted by Crippen LogP contribution is 2.22. The number of thiazole rings is 1. The minimum Gasteiger partial charge on any atom is -0.423 e. The molecule has 0 saturated carbocycles. The van der Waals surface area contributed by atoms with E-state index < -0.39 is 10.9 Å². The summed E-state index contributed by atoms with van der Waals surface area (Å²) >= 11 is 1.47. The summed E-state index contributed by atoms with van der Waals surface area (Å²) in [5.41, 5.74) is 0.815. The molecule has 7 heteroatoms. The predicted octanol–water partition coefficient (Wildman–Crippen LogP) is 3.82. The molecular weight excluding hydrogens is 316 g/mol. The number of nitro groups is 1. The summed E-state index contributed by atoms with van der Waals surface area (Å²) in [7, 11) is 0. The van der Waals surface area contributed by atoms with Crippen LogP contribution in [0.4, 0.5) is 5.69 Å². The molecule has 1 heterocycles. The van der Waals surface area contributed by atoms with Crippen LogP contribution in [-0.2, 0) is 4.79 Å². The van der Waals surface area contributed by atoms with E-state index in [0.29, 0.717) is 5.01 Å². The molecule has 0 fully saturated rings. The fourth-order valence-electron chi connectivity index (χ4n) is 1.89. The van der Waals surface area contributed by atoms with Crippen LogP contribution in [0, 0.1) is 10.1 Å². The van der Waals surface area contributed by atoms with Gasteiger partial charge in [0.1, 0.15) is 10.8 Å². The fourth-order valence-corrected chi connectivity index (χ4v) is 2.76. The second-order valence-corrected chi connectivity index (χ2v) is 5.59. The van der Waals surface area contributed by atoms with Crippen LogP contribution in [0.25, 0.3) is 16.3 Å². The van der Waals surface area contributed by atoms with Crippen molar-refractivity contribution in [3.8, 4) is 5.75 Å². The Morgan fingerprint density at radius 2 is 1.91 bits per heavy atom. The summed E-state index contributed by atoms with van der Waals surface area (Å²) in [6.45, 7) is 0. The van der Waals surface area contributed by atoms with Crippen LogP contribution in [0.1, 0.15) is 5.01 Å². The molecule has 0 atom stereocenters. The van der Waals surface area contributed by atoms with Gasteiger partial charge in [-0.3, -0.25) is 10.1 Å². The Kier molecular flexibility index (Phi) is 4.11. The summed E-state index contributed by atoms with van der Waals surface area (Å²) in [4.78, 5) is 26.2. The normalized spacial score (nSPS) is 11.0. The van der Waals surface area contributed by atoms with Crippen molar-refractivity contribution in [3.63, 3.8) is 0 Å². The highest BCUT2D eigenvalue weighted by atomic mass is 32.1. The minimum atomic E-state index is -0.571. The van der Waals surface area contributed by atoms with Crippen molar-refractivity contribution in [3.05, 3.63) is 69.7 Å². The monoisotopic (exact) mass is 326 g/mol. The molecule has 0 N–H and O–H groups in total. The third-order valence-corrected chi connectivity index (χ3v) is 3.94. The van der Waals surface area contributed by atoms with Gasteiger partial charge in [0.15, 0.2) is 0 Å². The molecule has 0 radical (unpaired) electrons. The SMILES string of the molecule is O=C(/C=C/c1nc2ccccc2s1)Oc1ccc([N+](=O)[O-])cc1. The number of carbonyl (C=O) groups is 1. The van der Waals surface area contributed by atoms with Gasteiger partial charge < -0.3 is 4.74 Å². The van der Waals surface area contributed by atoms with Crippen LogP contribution in [0.15, 0.2) is 54.6 Å². The zero-order chi connectivity index (χ0) is 16.2. The Bertz CT molecular complexity index is 867. The Morgan fingerprint density at radius 3 is 2.61 bits per heavy atom. The van der Waals surface area contributed by atoms with Crippen molar-refractivity contribution in [1.29, 1.82) is 0 Å². The van der Waals surface area contributed by atoms with Gasteiger partial charge >= 0.3 is 5.97 Å². The van der Waals surface area contributed by atoms with E-state index in [2.05, 4.69) is 4.98 Å². The van der Waals surface area contributed by atoms with Crippen LogP contribution in [0.3, 0.4) is 0 Å². The second-order valence-electron chi connectivity index (χ2n) is 4.53. The number of carbonyl (C=O) groups excluding carboxylic acids is 1. The number of nitrogens with zero attached hydrogens (tertiary/aromatic N) is 2. The molecule has 6 nitrogen and oxygen atoms in total. The molecular formula is C16H10N2O4S. The van der Waals surface area contributed by atoms with Gasteiger partial charge in [0.2, 0.25) is 0 Å². The largest absolute Gasteiger partial charge is 0.423 e. The quantitative estimate of drug-likeness (QED) is 0.239. The van der Waals surface area contributed by atoms with E-state index in [0.717, 1.165) is 10.2 Å². The lowest BCUT2D eigenvalue weighted by molar-refractivity contribution is -0.384. The van der Waals surface area contributed by atoms with Crippen molar-refractivity contribution in [1.82, 2.24) is 4.98 Å². The summed E-state index contributed by atoms with van der Waals surface area (Å²) in [5.74, 6) is -0.326. The van der Waals surface area contributed by atoms with Gasteiger partial charge in [0.05, 0.1) is 15.1 Å². The maximum Gasteiger partial charge on any atom is 0.336 e. The predicted molar refractivity (Wildman–Crippen MR) is 87.4 cm³/mol. The molecule has 23 heavy (non-hydrogen) atoms. The number of non-ortho nitro benzene ring substituents is 1. The number of rotatable bonds is 4. The van der Waals surface area contributed by atoms with E-state index >= 15 is 0 Å². The molecule has 3 aromatic rings. The number of para-hydroxylation sites is 1. The molecule has 0 aliphatic rings. The van der Waals surface area contributed by atoms with Crippen LogP contribution in [0.5, 0.6) is 5.75 Å². The Balaban J connectivity index is 1.67. The lowest BCUT2D eigenvalue weighted by Gasteiger charge is -1.99. The van der Waals surface area contributed by atoms with Crippen molar-refractivity contribution >= 4 is 39.3 Å². The molecule has 114 valence electrons. The van der Waals surface area contributed by atoms with Gasteiger partial charge in [-0.15, -0.1) is 11.3 Å². The second kappa shape index (κ2) is 6.37. The van der Waals surface area contributed by atoms with Gasteiger partial charge in [0.25, 0.3) is 5.69 Å². The standard InChI is InChI=1S/C16H10N2O4S/c19-16(22-12-7-5-11(6-8-12)18(20)21)10-9-15-17-13-3-1-2-4-14(13)23-15/h1-10H/b10-9+. The summed E-state index contributed by atoms with van der Waals surface area (Å²) in [6, 6.07) is 13.0. The number of aromatic nitrogens is 1.